The Morgan fingerprint density at radius 3 is 3.25 bits per heavy atom. The smallest absolute Gasteiger partial charge is 0.252 e. The first-order valence-electron chi connectivity index (χ1n) is 3.56. The van der Waals surface area contributed by atoms with Crippen LogP contribution in [0.2, 0.25) is 0 Å². The van der Waals surface area contributed by atoms with E-state index < -0.39 is 0 Å². The molecular formula is C6H10N4O2. The van der Waals surface area contributed by atoms with Crippen LogP contribution in [-0.2, 0) is 9.53 Å². The number of rotatable bonds is 4. The molecule has 1 aromatic rings. The molecule has 0 aliphatic carbocycles. The van der Waals surface area contributed by atoms with E-state index in [1.54, 1.807) is 0 Å². The SMILES string of the molecule is CCOCC(=O)Nc1ncn[nH]1. The van der Waals surface area contributed by atoms with E-state index in [0.29, 0.717) is 12.6 Å². The summed E-state index contributed by atoms with van der Waals surface area (Å²) in [4.78, 5) is 14.7. The van der Waals surface area contributed by atoms with Gasteiger partial charge in [-0.05, 0) is 6.92 Å². The van der Waals surface area contributed by atoms with Crippen molar-refractivity contribution in [1.82, 2.24) is 15.2 Å². The number of anilines is 1. The summed E-state index contributed by atoms with van der Waals surface area (Å²) >= 11 is 0. The van der Waals surface area contributed by atoms with Gasteiger partial charge >= 0.3 is 0 Å². The number of hydrogen-bond acceptors (Lipinski definition) is 4. The molecule has 0 atom stereocenters. The lowest BCUT2D eigenvalue weighted by molar-refractivity contribution is -0.120. The average molecular weight is 170 g/mol. The molecule has 0 saturated heterocycles. The maximum atomic E-state index is 10.9. The van der Waals surface area contributed by atoms with Crippen molar-refractivity contribution in [3.05, 3.63) is 6.33 Å². The number of aromatic amines is 1. The third kappa shape index (κ3) is 2.67. The zero-order valence-electron chi connectivity index (χ0n) is 6.70. The van der Waals surface area contributed by atoms with Crippen molar-refractivity contribution >= 4 is 11.9 Å². The Balaban J connectivity index is 2.27. The summed E-state index contributed by atoms with van der Waals surface area (Å²) in [5.41, 5.74) is 0. The molecule has 6 nitrogen and oxygen atoms in total. The second-order valence-corrected chi connectivity index (χ2v) is 2.02. The summed E-state index contributed by atoms with van der Waals surface area (Å²) in [6.07, 6.45) is 1.32. The highest BCUT2D eigenvalue weighted by atomic mass is 16.5. The molecule has 0 aliphatic rings. The zero-order valence-corrected chi connectivity index (χ0v) is 6.70. The first kappa shape index (κ1) is 8.66. The number of hydrogen-bond donors (Lipinski definition) is 2. The fourth-order valence-electron chi connectivity index (χ4n) is 0.629. The molecule has 1 heterocycles. The van der Waals surface area contributed by atoms with Crippen LogP contribution in [0.5, 0.6) is 0 Å². The molecule has 66 valence electrons. The Morgan fingerprint density at radius 1 is 1.83 bits per heavy atom. The average Bonchev–Trinajstić information content (AvgIpc) is 2.53. The van der Waals surface area contributed by atoms with Crippen molar-refractivity contribution in [3.8, 4) is 0 Å². The Hall–Kier alpha value is -1.43. The first-order chi connectivity index (χ1) is 5.83. The number of nitrogens with one attached hydrogen (secondary N) is 2. The van der Waals surface area contributed by atoms with Gasteiger partial charge in [0.25, 0.3) is 5.91 Å². The topological polar surface area (TPSA) is 79.9 Å². The summed E-state index contributed by atoms with van der Waals surface area (Å²) in [5, 5.41) is 8.52. The minimum absolute atomic E-state index is 0.0389. The van der Waals surface area contributed by atoms with Gasteiger partial charge in [0.05, 0.1) is 0 Å². The van der Waals surface area contributed by atoms with Gasteiger partial charge in [0, 0.05) is 6.61 Å². The Labute approximate surface area is 69.3 Å². The van der Waals surface area contributed by atoms with Crippen molar-refractivity contribution in [1.29, 1.82) is 0 Å². The number of carbonyl (C=O) groups excluding carboxylic acids is 1. The van der Waals surface area contributed by atoms with Gasteiger partial charge in [0.15, 0.2) is 0 Å². The van der Waals surface area contributed by atoms with Gasteiger partial charge in [-0.25, -0.2) is 5.10 Å². The second kappa shape index (κ2) is 4.45. The van der Waals surface area contributed by atoms with E-state index in [4.69, 9.17) is 4.74 Å². The van der Waals surface area contributed by atoms with E-state index in [1.165, 1.54) is 6.33 Å². The fourth-order valence-corrected chi connectivity index (χ4v) is 0.629. The van der Waals surface area contributed by atoms with Gasteiger partial charge in [0.1, 0.15) is 12.9 Å². The van der Waals surface area contributed by atoms with Crippen LogP contribution in [0.3, 0.4) is 0 Å². The number of aromatic nitrogens is 3. The number of amides is 1. The predicted molar refractivity (Wildman–Crippen MR) is 41.5 cm³/mol. The van der Waals surface area contributed by atoms with Gasteiger partial charge < -0.3 is 4.74 Å². The largest absolute Gasteiger partial charge is 0.372 e. The quantitative estimate of drug-likeness (QED) is 0.654. The lowest BCUT2D eigenvalue weighted by Gasteiger charge is -1.99. The number of nitrogens with zero attached hydrogens (tertiary/aromatic N) is 2. The highest BCUT2D eigenvalue weighted by molar-refractivity contribution is 5.89. The van der Waals surface area contributed by atoms with Crippen LogP contribution in [0.25, 0.3) is 0 Å². The molecule has 0 radical (unpaired) electrons. The molecule has 2 N–H and O–H groups in total. The van der Waals surface area contributed by atoms with Gasteiger partial charge in [-0.1, -0.05) is 0 Å². The summed E-state index contributed by atoms with van der Waals surface area (Å²) in [6, 6.07) is 0. The third-order valence-corrected chi connectivity index (χ3v) is 1.11. The third-order valence-electron chi connectivity index (χ3n) is 1.11. The molecule has 0 unspecified atom stereocenters. The Bertz CT molecular complexity index is 234. The Morgan fingerprint density at radius 2 is 2.67 bits per heavy atom. The fraction of sp³-hybridized carbons (Fsp3) is 0.500. The molecule has 1 rings (SSSR count). The molecule has 0 fully saturated rings. The van der Waals surface area contributed by atoms with Crippen LogP contribution >= 0.6 is 0 Å². The maximum absolute atomic E-state index is 10.9. The number of carbonyl (C=O) groups is 1. The van der Waals surface area contributed by atoms with Gasteiger partial charge in [-0.2, -0.15) is 10.1 Å². The predicted octanol–water partition coefficient (Wildman–Crippen LogP) is -0.220. The van der Waals surface area contributed by atoms with Crippen molar-refractivity contribution in [2.24, 2.45) is 0 Å². The summed E-state index contributed by atoms with van der Waals surface area (Å²) in [6.45, 7) is 2.38. The summed E-state index contributed by atoms with van der Waals surface area (Å²) in [5.74, 6) is 0.0910. The maximum Gasteiger partial charge on any atom is 0.252 e. The monoisotopic (exact) mass is 170 g/mol. The van der Waals surface area contributed by atoms with Crippen molar-refractivity contribution < 1.29 is 9.53 Å². The number of H-pyrrole nitrogens is 1. The lowest BCUT2D eigenvalue weighted by atomic mass is 10.6. The first-order valence-corrected chi connectivity index (χ1v) is 3.56. The van der Waals surface area contributed by atoms with Crippen LogP contribution in [-0.4, -0.2) is 34.3 Å². The normalized spacial score (nSPS) is 9.75. The molecule has 0 spiro atoms. The summed E-state index contributed by atoms with van der Waals surface area (Å²) in [7, 11) is 0. The van der Waals surface area contributed by atoms with Crippen molar-refractivity contribution in [3.63, 3.8) is 0 Å². The van der Waals surface area contributed by atoms with Crippen molar-refractivity contribution in [2.75, 3.05) is 18.5 Å². The highest BCUT2D eigenvalue weighted by Gasteiger charge is 2.02. The molecule has 0 aliphatic heterocycles. The molecule has 0 bridgehead atoms. The zero-order chi connectivity index (χ0) is 8.81. The van der Waals surface area contributed by atoms with E-state index in [0.717, 1.165) is 0 Å². The van der Waals surface area contributed by atoms with Crippen LogP contribution in [0, 0.1) is 0 Å². The lowest BCUT2D eigenvalue weighted by Crippen LogP contribution is -2.18. The van der Waals surface area contributed by atoms with Crippen molar-refractivity contribution in [2.45, 2.75) is 6.92 Å². The van der Waals surface area contributed by atoms with Gasteiger partial charge in [-0.15, -0.1) is 0 Å². The van der Waals surface area contributed by atoms with Gasteiger partial charge in [-0.3, -0.25) is 10.1 Å². The highest BCUT2D eigenvalue weighted by Crippen LogP contribution is 1.91. The van der Waals surface area contributed by atoms with E-state index in [9.17, 15) is 4.79 Å². The van der Waals surface area contributed by atoms with E-state index in [2.05, 4.69) is 20.5 Å². The van der Waals surface area contributed by atoms with E-state index in [1.807, 2.05) is 6.92 Å². The van der Waals surface area contributed by atoms with Crippen LogP contribution < -0.4 is 5.32 Å². The molecule has 0 saturated carbocycles. The van der Waals surface area contributed by atoms with Crippen LogP contribution in [0.1, 0.15) is 6.92 Å². The molecule has 12 heavy (non-hydrogen) atoms. The standard InChI is InChI=1S/C6H10N4O2/c1-2-12-3-5(11)9-6-7-4-8-10-6/h4H,2-3H2,1H3,(H2,7,8,9,10,11). The second-order valence-electron chi connectivity index (χ2n) is 2.02. The molecular weight excluding hydrogens is 160 g/mol. The Kier molecular flexibility index (Phi) is 3.21. The molecule has 6 heteroatoms. The molecule has 1 amide bonds. The minimum atomic E-state index is -0.242. The summed E-state index contributed by atoms with van der Waals surface area (Å²) < 4.78 is 4.87. The van der Waals surface area contributed by atoms with Crippen LogP contribution in [0.15, 0.2) is 6.33 Å². The van der Waals surface area contributed by atoms with E-state index in [-0.39, 0.29) is 12.5 Å². The van der Waals surface area contributed by atoms with Crippen LogP contribution in [0.4, 0.5) is 5.95 Å². The molecule has 1 aromatic heterocycles. The minimum Gasteiger partial charge on any atom is -0.372 e. The molecule has 0 aromatic carbocycles. The number of ether oxygens (including phenoxy) is 1. The van der Waals surface area contributed by atoms with E-state index >= 15 is 0 Å². The van der Waals surface area contributed by atoms with Gasteiger partial charge in [0.2, 0.25) is 5.95 Å².